The van der Waals surface area contributed by atoms with E-state index in [1.807, 2.05) is 6.92 Å². The molecule has 0 aliphatic rings. The Labute approximate surface area is 114 Å². The number of nitrogen functional groups attached to an aromatic ring is 1. The highest BCUT2D eigenvalue weighted by Gasteiger charge is 2.13. The first kappa shape index (κ1) is 13.5. The Morgan fingerprint density at radius 1 is 0.947 bits per heavy atom. The summed E-state index contributed by atoms with van der Waals surface area (Å²) in [4.78, 5) is 9.06. The van der Waals surface area contributed by atoms with Crippen LogP contribution in [0.25, 0.3) is 11.3 Å². The van der Waals surface area contributed by atoms with Gasteiger partial charge in [0.05, 0.1) is 5.69 Å². The molecule has 0 saturated carbocycles. The maximum Gasteiger partial charge on any atom is 0.133 e. The summed E-state index contributed by atoms with van der Waals surface area (Å²) in [6, 6.07) is 6.45. The Balaban J connectivity index is 2.66. The van der Waals surface area contributed by atoms with Crippen LogP contribution in [0.15, 0.2) is 18.2 Å². The predicted octanol–water partition coefficient (Wildman–Crippen LogP) is 3.77. The summed E-state index contributed by atoms with van der Waals surface area (Å²) < 4.78 is 0. The van der Waals surface area contributed by atoms with Gasteiger partial charge in [-0.25, -0.2) is 9.97 Å². The standard InChI is InChI=1S/C16H21N3/c1-9(2)16-18-14(12(5)15(17)19-16)13-7-10(3)6-11(4)8-13/h6-9H,1-5H3,(H2,17,18,19). The van der Waals surface area contributed by atoms with Crippen molar-refractivity contribution in [3.8, 4) is 11.3 Å². The van der Waals surface area contributed by atoms with E-state index >= 15 is 0 Å². The lowest BCUT2D eigenvalue weighted by Crippen LogP contribution is -2.06. The number of aryl methyl sites for hydroxylation is 2. The molecule has 3 heteroatoms. The SMILES string of the molecule is Cc1cc(C)cc(-c2nc(C(C)C)nc(N)c2C)c1. The topological polar surface area (TPSA) is 51.8 Å². The van der Waals surface area contributed by atoms with E-state index in [9.17, 15) is 0 Å². The van der Waals surface area contributed by atoms with Gasteiger partial charge in [-0.05, 0) is 32.9 Å². The summed E-state index contributed by atoms with van der Waals surface area (Å²) in [6.07, 6.45) is 0. The number of hydrogen-bond acceptors (Lipinski definition) is 3. The molecule has 0 amide bonds. The molecular formula is C16H21N3. The van der Waals surface area contributed by atoms with Crippen molar-refractivity contribution in [3.05, 3.63) is 40.7 Å². The van der Waals surface area contributed by atoms with Crippen LogP contribution in [0.4, 0.5) is 5.82 Å². The molecule has 0 unspecified atom stereocenters. The third-order valence-corrected chi connectivity index (χ3v) is 3.21. The van der Waals surface area contributed by atoms with E-state index in [-0.39, 0.29) is 5.92 Å². The zero-order valence-corrected chi connectivity index (χ0v) is 12.3. The molecule has 0 saturated heterocycles. The van der Waals surface area contributed by atoms with E-state index in [1.165, 1.54) is 11.1 Å². The van der Waals surface area contributed by atoms with Crippen LogP contribution < -0.4 is 5.73 Å². The second kappa shape index (κ2) is 5.00. The van der Waals surface area contributed by atoms with Gasteiger partial charge in [0.2, 0.25) is 0 Å². The van der Waals surface area contributed by atoms with Gasteiger partial charge in [-0.2, -0.15) is 0 Å². The number of nitrogens with two attached hydrogens (primary N) is 1. The van der Waals surface area contributed by atoms with Gasteiger partial charge in [-0.3, -0.25) is 0 Å². The van der Waals surface area contributed by atoms with Crippen LogP contribution in [0.3, 0.4) is 0 Å². The van der Waals surface area contributed by atoms with Crippen LogP contribution in [-0.2, 0) is 0 Å². The zero-order valence-electron chi connectivity index (χ0n) is 12.3. The van der Waals surface area contributed by atoms with Crippen molar-refractivity contribution >= 4 is 5.82 Å². The van der Waals surface area contributed by atoms with Gasteiger partial charge in [0, 0.05) is 17.0 Å². The Hall–Kier alpha value is -1.90. The normalized spacial score (nSPS) is 11.1. The quantitative estimate of drug-likeness (QED) is 0.888. The van der Waals surface area contributed by atoms with Gasteiger partial charge in [-0.15, -0.1) is 0 Å². The molecule has 3 nitrogen and oxygen atoms in total. The minimum atomic E-state index is 0.271. The monoisotopic (exact) mass is 255 g/mol. The lowest BCUT2D eigenvalue weighted by Gasteiger charge is -2.13. The first-order valence-electron chi connectivity index (χ1n) is 6.61. The lowest BCUT2D eigenvalue weighted by molar-refractivity contribution is 0.776. The minimum absolute atomic E-state index is 0.271. The van der Waals surface area contributed by atoms with Crippen molar-refractivity contribution in [2.45, 2.75) is 40.5 Å². The molecule has 2 rings (SSSR count). The third-order valence-electron chi connectivity index (χ3n) is 3.21. The van der Waals surface area contributed by atoms with E-state index in [0.29, 0.717) is 5.82 Å². The first-order chi connectivity index (χ1) is 8.88. The molecule has 0 spiro atoms. The van der Waals surface area contributed by atoms with Crippen molar-refractivity contribution in [3.63, 3.8) is 0 Å². The van der Waals surface area contributed by atoms with E-state index in [0.717, 1.165) is 22.6 Å². The molecule has 2 N–H and O–H groups in total. The molecule has 0 radical (unpaired) electrons. The van der Waals surface area contributed by atoms with Gasteiger partial charge >= 0.3 is 0 Å². The Morgan fingerprint density at radius 2 is 1.53 bits per heavy atom. The molecule has 0 atom stereocenters. The highest BCUT2D eigenvalue weighted by Crippen LogP contribution is 2.27. The van der Waals surface area contributed by atoms with Gasteiger partial charge < -0.3 is 5.73 Å². The van der Waals surface area contributed by atoms with Gasteiger partial charge in [-0.1, -0.05) is 31.0 Å². The molecule has 1 aromatic carbocycles. The smallest absolute Gasteiger partial charge is 0.133 e. The van der Waals surface area contributed by atoms with Crippen LogP contribution >= 0.6 is 0 Å². The van der Waals surface area contributed by atoms with Crippen LogP contribution in [0.2, 0.25) is 0 Å². The second-order valence-corrected chi connectivity index (χ2v) is 5.47. The second-order valence-electron chi connectivity index (χ2n) is 5.47. The molecule has 1 aromatic heterocycles. The summed E-state index contributed by atoms with van der Waals surface area (Å²) >= 11 is 0. The summed E-state index contributed by atoms with van der Waals surface area (Å²) in [6.45, 7) is 10.3. The molecule has 0 bridgehead atoms. The number of aromatic nitrogens is 2. The molecular weight excluding hydrogens is 234 g/mol. The summed E-state index contributed by atoms with van der Waals surface area (Å²) in [7, 11) is 0. The van der Waals surface area contributed by atoms with Gasteiger partial charge in [0.1, 0.15) is 11.6 Å². The summed E-state index contributed by atoms with van der Waals surface area (Å²) in [5.41, 5.74) is 11.5. The van der Waals surface area contributed by atoms with Crippen molar-refractivity contribution in [1.82, 2.24) is 9.97 Å². The van der Waals surface area contributed by atoms with E-state index in [2.05, 4.69) is 50.9 Å². The molecule has 19 heavy (non-hydrogen) atoms. The number of rotatable bonds is 2. The molecule has 0 aliphatic carbocycles. The highest BCUT2D eigenvalue weighted by molar-refractivity contribution is 5.68. The minimum Gasteiger partial charge on any atom is -0.383 e. The molecule has 0 aliphatic heterocycles. The average molecular weight is 255 g/mol. The van der Waals surface area contributed by atoms with Crippen LogP contribution in [0, 0.1) is 20.8 Å². The van der Waals surface area contributed by atoms with Crippen molar-refractivity contribution in [2.24, 2.45) is 0 Å². The average Bonchev–Trinajstić information content (AvgIpc) is 2.30. The van der Waals surface area contributed by atoms with Crippen molar-refractivity contribution < 1.29 is 0 Å². The fraction of sp³-hybridized carbons (Fsp3) is 0.375. The molecule has 1 heterocycles. The molecule has 100 valence electrons. The first-order valence-corrected chi connectivity index (χ1v) is 6.61. The predicted molar refractivity (Wildman–Crippen MR) is 80.2 cm³/mol. The fourth-order valence-corrected chi connectivity index (χ4v) is 2.20. The van der Waals surface area contributed by atoms with Crippen molar-refractivity contribution in [1.29, 1.82) is 0 Å². The van der Waals surface area contributed by atoms with E-state index < -0.39 is 0 Å². The lowest BCUT2D eigenvalue weighted by atomic mass is 10.0. The van der Waals surface area contributed by atoms with Crippen molar-refractivity contribution in [2.75, 3.05) is 5.73 Å². The van der Waals surface area contributed by atoms with Gasteiger partial charge in [0.15, 0.2) is 0 Å². The van der Waals surface area contributed by atoms with Crippen LogP contribution in [0.5, 0.6) is 0 Å². The fourth-order valence-electron chi connectivity index (χ4n) is 2.20. The van der Waals surface area contributed by atoms with E-state index in [1.54, 1.807) is 0 Å². The molecule has 2 aromatic rings. The van der Waals surface area contributed by atoms with Crippen LogP contribution in [-0.4, -0.2) is 9.97 Å². The number of benzene rings is 1. The summed E-state index contributed by atoms with van der Waals surface area (Å²) in [5, 5.41) is 0. The highest BCUT2D eigenvalue weighted by atomic mass is 15.0. The number of hydrogen-bond donors (Lipinski definition) is 1. The Bertz CT molecular complexity index is 595. The number of nitrogens with zero attached hydrogens (tertiary/aromatic N) is 2. The van der Waals surface area contributed by atoms with E-state index in [4.69, 9.17) is 10.7 Å². The largest absolute Gasteiger partial charge is 0.383 e. The van der Waals surface area contributed by atoms with Crippen LogP contribution in [0.1, 0.15) is 42.3 Å². The Morgan fingerprint density at radius 3 is 2.05 bits per heavy atom. The maximum absolute atomic E-state index is 6.02. The Kier molecular flexibility index (Phi) is 3.56. The molecule has 0 fully saturated rings. The third kappa shape index (κ3) is 2.75. The van der Waals surface area contributed by atoms with Gasteiger partial charge in [0.25, 0.3) is 0 Å². The summed E-state index contributed by atoms with van der Waals surface area (Å²) in [5.74, 6) is 1.65. The zero-order chi connectivity index (χ0) is 14.2. The number of anilines is 1. The maximum atomic E-state index is 6.02.